The van der Waals surface area contributed by atoms with Crippen LogP contribution in [0.4, 0.5) is 5.69 Å². The van der Waals surface area contributed by atoms with Gasteiger partial charge in [0.25, 0.3) is 0 Å². The third-order valence-corrected chi connectivity index (χ3v) is 4.91. The highest BCUT2D eigenvalue weighted by Gasteiger charge is 2.23. The third kappa shape index (κ3) is 2.64. The van der Waals surface area contributed by atoms with Gasteiger partial charge in [-0.15, -0.1) is 11.3 Å². The molecule has 22 heavy (non-hydrogen) atoms. The van der Waals surface area contributed by atoms with E-state index in [2.05, 4.69) is 32.4 Å². The molecule has 0 bridgehead atoms. The van der Waals surface area contributed by atoms with E-state index in [-0.39, 0.29) is 6.10 Å². The second-order valence-corrected chi connectivity index (χ2v) is 6.40. The lowest BCUT2D eigenvalue weighted by Gasteiger charge is -2.34. The van der Waals surface area contributed by atoms with Crippen molar-refractivity contribution in [3.8, 4) is 5.75 Å². The molecule has 0 N–H and O–H groups in total. The summed E-state index contributed by atoms with van der Waals surface area (Å²) < 4.78 is 7.35. The number of aromatic nitrogens is 2. The summed E-state index contributed by atoms with van der Waals surface area (Å²) in [4.78, 5) is 11.0. The van der Waals surface area contributed by atoms with Crippen LogP contribution < -0.4 is 9.64 Å². The van der Waals surface area contributed by atoms with Crippen LogP contribution in [0.2, 0.25) is 0 Å². The van der Waals surface area contributed by atoms with Crippen LogP contribution in [0, 0.1) is 0 Å². The molecule has 1 saturated heterocycles. The topological polar surface area (TPSA) is 38.2 Å². The number of hydrogen-bond donors (Lipinski definition) is 0. The standard InChI is InChI=1S/C17H17N3OS/c1-3-13(11-18-7-1)21-14-4-2-9-20(12-14)16-5-8-19-15-6-10-22-17(15)16/h1,3,5-8,10-11,14H,2,4,9,12H2. The average molecular weight is 311 g/mol. The van der Waals surface area contributed by atoms with Crippen molar-refractivity contribution >= 4 is 27.2 Å². The Hall–Kier alpha value is -2.14. The second kappa shape index (κ2) is 5.93. The molecule has 3 aromatic heterocycles. The Morgan fingerprint density at radius 3 is 3.14 bits per heavy atom. The summed E-state index contributed by atoms with van der Waals surface area (Å²) in [5.41, 5.74) is 2.36. The maximum absolute atomic E-state index is 6.08. The number of ether oxygens (including phenoxy) is 1. The van der Waals surface area contributed by atoms with Crippen molar-refractivity contribution in [3.63, 3.8) is 0 Å². The maximum Gasteiger partial charge on any atom is 0.138 e. The lowest BCUT2D eigenvalue weighted by atomic mass is 10.1. The Morgan fingerprint density at radius 1 is 1.23 bits per heavy atom. The first-order valence-electron chi connectivity index (χ1n) is 7.54. The molecule has 0 saturated carbocycles. The molecule has 0 radical (unpaired) electrons. The molecule has 3 aromatic rings. The van der Waals surface area contributed by atoms with Crippen LogP contribution in [-0.4, -0.2) is 29.2 Å². The number of piperidine rings is 1. The van der Waals surface area contributed by atoms with E-state index in [9.17, 15) is 0 Å². The zero-order valence-corrected chi connectivity index (χ0v) is 13.0. The summed E-state index contributed by atoms with van der Waals surface area (Å²) in [6, 6.07) is 8.08. The molecule has 1 fully saturated rings. The minimum atomic E-state index is 0.209. The summed E-state index contributed by atoms with van der Waals surface area (Å²) in [7, 11) is 0. The van der Waals surface area contributed by atoms with Gasteiger partial charge < -0.3 is 9.64 Å². The average Bonchev–Trinajstić information content (AvgIpc) is 3.04. The molecule has 4 heterocycles. The lowest BCUT2D eigenvalue weighted by Crippen LogP contribution is -2.41. The van der Waals surface area contributed by atoms with Gasteiger partial charge in [0.2, 0.25) is 0 Å². The van der Waals surface area contributed by atoms with Gasteiger partial charge in [-0.2, -0.15) is 0 Å². The molecule has 4 nitrogen and oxygen atoms in total. The Bertz CT molecular complexity index is 759. The minimum absolute atomic E-state index is 0.209. The Morgan fingerprint density at radius 2 is 2.23 bits per heavy atom. The Kier molecular flexibility index (Phi) is 3.64. The molecule has 112 valence electrons. The first-order valence-corrected chi connectivity index (χ1v) is 8.42. The van der Waals surface area contributed by atoms with Gasteiger partial charge in [-0.05, 0) is 42.5 Å². The van der Waals surface area contributed by atoms with Crippen LogP contribution in [0.1, 0.15) is 12.8 Å². The number of fused-ring (bicyclic) bond motifs is 1. The molecule has 0 amide bonds. The number of nitrogens with zero attached hydrogens (tertiary/aromatic N) is 3. The lowest BCUT2D eigenvalue weighted by molar-refractivity contribution is 0.179. The van der Waals surface area contributed by atoms with Crippen LogP contribution in [0.25, 0.3) is 10.2 Å². The molecular weight excluding hydrogens is 294 g/mol. The number of thiophene rings is 1. The summed E-state index contributed by atoms with van der Waals surface area (Å²) in [5.74, 6) is 0.852. The quantitative estimate of drug-likeness (QED) is 0.738. The van der Waals surface area contributed by atoms with E-state index in [1.54, 1.807) is 23.7 Å². The highest BCUT2D eigenvalue weighted by Crippen LogP contribution is 2.32. The van der Waals surface area contributed by atoms with Gasteiger partial charge in [0.05, 0.1) is 28.6 Å². The number of anilines is 1. The van der Waals surface area contributed by atoms with Crippen LogP contribution in [0.15, 0.2) is 48.2 Å². The summed E-state index contributed by atoms with van der Waals surface area (Å²) in [6.45, 7) is 1.98. The van der Waals surface area contributed by atoms with Crippen molar-refractivity contribution in [2.24, 2.45) is 0 Å². The zero-order valence-electron chi connectivity index (χ0n) is 12.2. The molecular formula is C17H17N3OS. The van der Waals surface area contributed by atoms with Crippen LogP contribution in [0.3, 0.4) is 0 Å². The molecule has 4 rings (SSSR count). The molecule has 0 aliphatic carbocycles. The first-order chi connectivity index (χ1) is 10.9. The van der Waals surface area contributed by atoms with Crippen molar-refractivity contribution in [1.29, 1.82) is 0 Å². The highest BCUT2D eigenvalue weighted by atomic mass is 32.1. The van der Waals surface area contributed by atoms with Crippen LogP contribution in [-0.2, 0) is 0 Å². The smallest absolute Gasteiger partial charge is 0.138 e. The van der Waals surface area contributed by atoms with Crippen molar-refractivity contribution in [3.05, 3.63) is 48.2 Å². The predicted molar refractivity (Wildman–Crippen MR) is 89.7 cm³/mol. The number of hydrogen-bond acceptors (Lipinski definition) is 5. The fraction of sp³-hybridized carbons (Fsp3) is 0.294. The van der Waals surface area contributed by atoms with E-state index in [4.69, 9.17) is 4.74 Å². The molecule has 1 atom stereocenters. The van der Waals surface area contributed by atoms with Gasteiger partial charge in [0.1, 0.15) is 11.9 Å². The van der Waals surface area contributed by atoms with Gasteiger partial charge in [-0.1, -0.05) is 0 Å². The number of rotatable bonds is 3. The van der Waals surface area contributed by atoms with E-state index < -0.39 is 0 Å². The minimum Gasteiger partial charge on any atom is -0.487 e. The van der Waals surface area contributed by atoms with Crippen molar-refractivity contribution in [1.82, 2.24) is 9.97 Å². The Balaban J connectivity index is 1.55. The normalized spacial score (nSPS) is 18.5. The van der Waals surface area contributed by atoms with Gasteiger partial charge in [-0.25, -0.2) is 0 Å². The highest BCUT2D eigenvalue weighted by molar-refractivity contribution is 7.17. The van der Waals surface area contributed by atoms with Crippen molar-refractivity contribution in [2.75, 3.05) is 18.0 Å². The second-order valence-electron chi connectivity index (χ2n) is 5.48. The fourth-order valence-corrected chi connectivity index (χ4v) is 3.86. The van der Waals surface area contributed by atoms with Crippen molar-refractivity contribution in [2.45, 2.75) is 18.9 Å². The summed E-state index contributed by atoms with van der Waals surface area (Å²) >= 11 is 1.76. The van der Waals surface area contributed by atoms with E-state index in [1.165, 1.54) is 10.4 Å². The van der Waals surface area contributed by atoms with Crippen LogP contribution in [0.5, 0.6) is 5.75 Å². The summed E-state index contributed by atoms with van der Waals surface area (Å²) in [5, 5.41) is 2.11. The predicted octanol–water partition coefficient (Wildman–Crippen LogP) is 3.74. The molecule has 1 aliphatic rings. The molecule has 1 aliphatic heterocycles. The zero-order chi connectivity index (χ0) is 14.8. The van der Waals surface area contributed by atoms with E-state index >= 15 is 0 Å². The monoisotopic (exact) mass is 311 g/mol. The van der Waals surface area contributed by atoms with Crippen LogP contribution >= 0.6 is 11.3 Å². The molecule has 5 heteroatoms. The van der Waals surface area contributed by atoms with Gasteiger partial charge >= 0.3 is 0 Å². The van der Waals surface area contributed by atoms with Gasteiger partial charge in [0.15, 0.2) is 0 Å². The Labute approximate surface area is 133 Å². The molecule has 1 unspecified atom stereocenters. The first kappa shape index (κ1) is 13.5. The fourth-order valence-electron chi connectivity index (χ4n) is 2.97. The van der Waals surface area contributed by atoms with Crippen molar-refractivity contribution < 1.29 is 4.74 Å². The SMILES string of the molecule is c1cncc(OC2CCCN(c3ccnc4ccsc34)C2)c1. The van der Waals surface area contributed by atoms with E-state index in [0.29, 0.717) is 0 Å². The van der Waals surface area contributed by atoms with Gasteiger partial charge in [-0.3, -0.25) is 9.97 Å². The van der Waals surface area contributed by atoms with E-state index in [0.717, 1.165) is 37.2 Å². The molecule has 0 aromatic carbocycles. The van der Waals surface area contributed by atoms with E-state index in [1.807, 2.05) is 18.3 Å². The number of pyridine rings is 2. The van der Waals surface area contributed by atoms with Gasteiger partial charge in [0, 0.05) is 18.9 Å². The summed E-state index contributed by atoms with van der Waals surface area (Å²) in [6.07, 6.45) is 7.88. The maximum atomic E-state index is 6.08. The largest absolute Gasteiger partial charge is 0.487 e. The molecule has 0 spiro atoms. The third-order valence-electron chi connectivity index (χ3n) is 3.98.